The molecule has 10 heteroatoms. The van der Waals surface area contributed by atoms with E-state index in [0.29, 0.717) is 10.0 Å². The Balaban J connectivity index is 1.37. The normalized spacial score (nSPS) is 19.0. The second-order valence-corrected chi connectivity index (χ2v) is 16.5. The maximum atomic E-state index is 13.0. The van der Waals surface area contributed by atoms with E-state index in [1.165, 1.54) is 10.8 Å². The molecule has 0 aliphatic carbocycles. The van der Waals surface area contributed by atoms with Crippen molar-refractivity contribution in [1.82, 2.24) is 9.55 Å². The van der Waals surface area contributed by atoms with Crippen LogP contribution in [0.1, 0.15) is 43.8 Å². The summed E-state index contributed by atoms with van der Waals surface area (Å²) >= 11 is 3.42. The van der Waals surface area contributed by atoms with Crippen molar-refractivity contribution in [2.45, 2.75) is 50.7 Å². The summed E-state index contributed by atoms with van der Waals surface area (Å²) in [6.45, 7) is 6.72. The summed E-state index contributed by atoms with van der Waals surface area (Å²) < 4.78 is 14.9. The van der Waals surface area contributed by atoms with E-state index >= 15 is 0 Å². The SMILES string of the molecule is CC(C)(C)[Si](OC[C@H]1O[C@@H](n2cc(Br)c(NC(=O)c3ccccc3)nc2=O)C[C@@H]1O)(c1ccccc1)c1ccccc1. The molecule has 0 saturated carbocycles. The number of ether oxygens (including phenoxy) is 1. The lowest BCUT2D eigenvalue weighted by atomic mass is 10.2. The van der Waals surface area contributed by atoms with Crippen LogP contribution in [0.3, 0.4) is 0 Å². The van der Waals surface area contributed by atoms with Gasteiger partial charge in [-0.1, -0.05) is 99.6 Å². The molecule has 0 radical (unpaired) electrons. The molecule has 1 aliphatic rings. The van der Waals surface area contributed by atoms with Crippen molar-refractivity contribution in [3.05, 3.63) is 118 Å². The molecule has 8 nitrogen and oxygen atoms in total. The third-order valence-electron chi connectivity index (χ3n) is 7.57. The number of anilines is 1. The Bertz CT molecular complexity index is 1540. The number of rotatable bonds is 8. The predicted molar refractivity (Wildman–Crippen MR) is 169 cm³/mol. The minimum absolute atomic E-state index is 0.107. The second kappa shape index (κ2) is 12.4. The molecule has 42 heavy (non-hydrogen) atoms. The van der Waals surface area contributed by atoms with Gasteiger partial charge in [-0.2, -0.15) is 4.98 Å². The Morgan fingerprint density at radius 2 is 1.57 bits per heavy atom. The zero-order valence-corrected chi connectivity index (χ0v) is 26.3. The molecule has 3 aromatic carbocycles. The first-order valence-electron chi connectivity index (χ1n) is 13.8. The fraction of sp³-hybridized carbons (Fsp3) is 0.281. The van der Waals surface area contributed by atoms with Gasteiger partial charge in [0.2, 0.25) is 0 Å². The number of aliphatic hydroxyl groups excluding tert-OH is 1. The fourth-order valence-corrected chi connectivity index (χ4v) is 10.5. The topological polar surface area (TPSA) is 103 Å². The average Bonchev–Trinajstić information content (AvgIpc) is 3.35. The van der Waals surface area contributed by atoms with Crippen LogP contribution in [0.5, 0.6) is 0 Å². The van der Waals surface area contributed by atoms with Crippen LogP contribution in [0, 0.1) is 0 Å². The Kier molecular flexibility index (Phi) is 8.91. The molecule has 1 aliphatic heterocycles. The molecule has 2 heterocycles. The smallest absolute Gasteiger partial charge is 0.351 e. The van der Waals surface area contributed by atoms with Crippen molar-refractivity contribution in [2.24, 2.45) is 0 Å². The van der Waals surface area contributed by atoms with Gasteiger partial charge in [0.05, 0.1) is 17.2 Å². The first-order valence-corrected chi connectivity index (χ1v) is 16.5. The molecule has 0 bridgehead atoms. The molecule has 1 saturated heterocycles. The molecule has 1 fully saturated rings. The van der Waals surface area contributed by atoms with Gasteiger partial charge in [0, 0.05) is 18.2 Å². The molecule has 0 unspecified atom stereocenters. The molecular formula is C32H34BrN3O5Si. The molecule has 5 rings (SSSR count). The lowest BCUT2D eigenvalue weighted by Gasteiger charge is -2.43. The summed E-state index contributed by atoms with van der Waals surface area (Å²) in [6.07, 6.45) is -0.531. The maximum absolute atomic E-state index is 13.0. The van der Waals surface area contributed by atoms with Gasteiger partial charge >= 0.3 is 5.69 Å². The van der Waals surface area contributed by atoms with E-state index in [2.05, 4.69) is 71.3 Å². The van der Waals surface area contributed by atoms with Crippen LogP contribution in [0.15, 0.2) is 106 Å². The summed E-state index contributed by atoms with van der Waals surface area (Å²) in [6, 6.07) is 29.2. The van der Waals surface area contributed by atoms with E-state index in [1.54, 1.807) is 24.3 Å². The van der Waals surface area contributed by atoms with Gasteiger partial charge in [-0.05, 0) is 43.5 Å². The van der Waals surface area contributed by atoms with Crippen LogP contribution in [-0.2, 0) is 9.16 Å². The van der Waals surface area contributed by atoms with Crippen molar-refractivity contribution < 1.29 is 19.1 Å². The van der Waals surface area contributed by atoms with E-state index in [9.17, 15) is 14.7 Å². The van der Waals surface area contributed by atoms with Gasteiger partial charge in [0.15, 0.2) is 5.82 Å². The molecule has 2 N–H and O–H groups in total. The average molecular weight is 649 g/mol. The lowest BCUT2D eigenvalue weighted by Crippen LogP contribution is -2.67. The highest BCUT2D eigenvalue weighted by Gasteiger charge is 2.51. The Hall–Kier alpha value is -3.41. The standard InChI is InChI=1S/C32H34BrN3O5Si/c1-32(2,3)42(23-15-9-5-10-16-23,24-17-11-6-12-18-24)40-21-27-26(37)19-28(41-27)36-20-25(33)29(35-31(36)39)34-30(38)22-13-7-4-8-14-22/h4-18,20,26-28,37H,19,21H2,1-3H3,(H,34,35,38,39)/t26-,27+,28+/m0/s1. The number of aromatic nitrogens is 2. The monoisotopic (exact) mass is 647 g/mol. The highest BCUT2D eigenvalue weighted by molar-refractivity contribution is 9.10. The van der Waals surface area contributed by atoms with Crippen molar-refractivity contribution in [1.29, 1.82) is 0 Å². The summed E-state index contributed by atoms with van der Waals surface area (Å²) in [7, 11) is -2.84. The predicted octanol–water partition coefficient (Wildman–Crippen LogP) is 4.48. The number of benzene rings is 3. The third-order valence-corrected chi connectivity index (χ3v) is 13.2. The molecule has 218 valence electrons. The van der Waals surface area contributed by atoms with E-state index in [0.717, 1.165) is 10.4 Å². The first-order chi connectivity index (χ1) is 20.1. The number of hydrogen-bond donors (Lipinski definition) is 2. The van der Waals surface area contributed by atoms with E-state index in [-0.39, 0.29) is 29.8 Å². The molecule has 1 amide bonds. The van der Waals surface area contributed by atoms with Gasteiger partial charge < -0.3 is 19.6 Å². The van der Waals surface area contributed by atoms with Crippen LogP contribution in [0.25, 0.3) is 0 Å². The van der Waals surface area contributed by atoms with Crippen LogP contribution >= 0.6 is 15.9 Å². The van der Waals surface area contributed by atoms with Crippen molar-refractivity contribution in [2.75, 3.05) is 11.9 Å². The zero-order chi connectivity index (χ0) is 29.9. The number of hydrogen-bond acceptors (Lipinski definition) is 6. The number of nitrogens with one attached hydrogen (secondary N) is 1. The minimum atomic E-state index is -2.84. The minimum Gasteiger partial charge on any atom is -0.405 e. The summed E-state index contributed by atoms with van der Waals surface area (Å²) in [5, 5.41) is 15.7. The lowest BCUT2D eigenvalue weighted by molar-refractivity contribution is -0.0426. The van der Waals surface area contributed by atoms with Gasteiger partial charge in [-0.15, -0.1) is 0 Å². The Morgan fingerprint density at radius 1 is 1.02 bits per heavy atom. The number of amides is 1. The number of halogens is 1. The van der Waals surface area contributed by atoms with Crippen LogP contribution in [0.2, 0.25) is 5.04 Å². The molecule has 0 spiro atoms. The molecule has 4 aromatic rings. The van der Waals surface area contributed by atoms with Crippen molar-refractivity contribution in [3.8, 4) is 0 Å². The summed E-state index contributed by atoms with van der Waals surface area (Å²) in [5.74, 6) is -0.274. The number of carbonyl (C=O) groups excluding carboxylic acids is 1. The molecular weight excluding hydrogens is 614 g/mol. The van der Waals surface area contributed by atoms with E-state index in [1.807, 2.05) is 42.5 Å². The van der Waals surface area contributed by atoms with Crippen LogP contribution in [-0.4, -0.2) is 47.7 Å². The Morgan fingerprint density at radius 3 is 2.12 bits per heavy atom. The van der Waals surface area contributed by atoms with Crippen molar-refractivity contribution >= 4 is 46.3 Å². The van der Waals surface area contributed by atoms with E-state index in [4.69, 9.17) is 9.16 Å². The number of carbonyl (C=O) groups is 1. The first kappa shape index (κ1) is 30.1. The van der Waals surface area contributed by atoms with Crippen LogP contribution in [0.4, 0.5) is 5.82 Å². The van der Waals surface area contributed by atoms with Gasteiger partial charge in [-0.25, -0.2) is 4.79 Å². The summed E-state index contributed by atoms with van der Waals surface area (Å²) in [5.41, 5.74) is -0.159. The van der Waals surface area contributed by atoms with Gasteiger partial charge in [0.1, 0.15) is 12.3 Å². The quantitative estimate of drug-likeness (QED) is 0.273. The highest BCUT2D eigenvalue weighted by Crippen LogP contribution is 2.38. The van der Waals surface area contributed by atoms with Gasteiger partial charge in [0.25, 0.3) is 14.2 Å². The number of aliphatic hydroxyl groups is 1. The molecule has 1 aromatic heterocycles. The molecule has 3 atom stereocenters. The maximum Gasteiger partial charge on any atom is 0.351 e. The van der Waals surface area contributed by atoms with E-state index < -0.39 is 32.4 Å². The third kappa shape index (κ3) is 6.04. The Labute approximate surface area is 254 Å². The highest BCUT2D eigenvalue weighted by atomic mass is 79.9. The zero-order valence-electron chi connectivity index (χ0n) is 23.7. The largest absolute Gasteiger partial charge is 0.405 e. The fourth-order valence-electron chi connectivity index (χ4n) is 5.51. The number of nitrogens with zero attached hydrogens (tertiary/aromatic N) is 2. The summed E-state index contributed by atoms with van der Waals surface area (Å²) in [4.78, 5) is 29.7. The van der Waals surface area contributed by atoms with Crippen LogP contribution < -0.4 is 21.4 Å². The second-order valence-electron chi connectivity index (χ2n) is 11.4. The van der Waals surface area contributed by atoms with Crippen molar-refractivity contribution in [3.63, 3.8) is 0 Å². The van der Waals surface area contributed by atoms with Gasteiger partial charge in [-0.3, -0.25) is 9.36 Å².